The molecule has 0 radical (unpaired) electrons. The van der Waals surface area contributed by atoms with Gasteiger partial charge < -0.3 is 25.4 Å². The first-order chi connectivity index (χ1) is 18.6. The Morgan fingerprint density at radius 2 is 1.59 bits per heavy atom. The highest BCUT2D eigenvalue weighted by Crippen LogP contribution is 2.26. The van der Waals surface area contributed by atoms with E-state index in [-0.39, 0.29) is 6.54 Å². The number of ether oxygens (including phenoxy) is 1. The van der Waals surface area contributed by atoms with Crippen molar-refractivity contribution in [1.29, 1.82) is 0 Å². The number of unbranched alkanes of at least 4 members (excludes halogenated alkanes) is 2. The zero-order valence-electron chi connectivity index (χ0n) is 23.1. The molecule has 3 amide bonds. The van der Waals surface area contributed by atoms with E-state index in [4.69, 9.17) is 4.74 Å². The summed E-state index contributed by atoms with van der Waals surface area (Å²) in [7, 11) is 0. The number of hydrogen-bond donors (Lipinski definition) is 3. The van der Waals surface area contributed by atoms with Crippen LogP contribution in [0.5, 0.6) is 0 Å². The number of carbonyl (C=O) groups excluding carboxylic acids is 3. The Hall–Kier alpha value is -3.91. The van der Waals surface area contributed by atoms with Crippen molar-refractivity contribution >= 4 is 34.4 Å². The zero-order valence-corrected chi connectivity index (χ0v) is 23.1. The normalized spacial score (nSPS) is 12.8. The van der Waals surface area contributed by atoms with E-state index in [0.29, 0.717) is 17.7 Å². The topological polar surface area (TPSA) is 108 Å². The SMILES string of the molecule is CCCCCN(C(=O)C(CO)NC(=O)OC(C)(C)C)C(C(=O)Nc1ccc2ccccc2c1)c1ccccc1. The fraction of sp³-hybridized carbons (Fsp3) is 0.387. The van der Waals surface area contributed by atoms with Crippen LogP contribution in [0, 0.1) is 0 Å². The van der Waals surface area contributed by atoms with Crippen molar-refractivity contribution in [1.82, 2.24) is 10.2 Å². The molecule has 3 N–H and O–H groups in total. The summed E-state index contributed by atoms with van der Waals surface area (Å²) in [6.07, 6.45) is 1.60. The average Bonchev–Trinajstić information content (AvgIpc) is 2.90. The molecule has 8 heteroatoms. The number of anilines is 1. The second-order valence-electron chi connectivity index (χ2n) is 10.5. The van der Waals surface area contributed by atoms with E-state index in [1.807, 2.05) is 67.6 Å². The number of nitrogens with zero attached hydrogens (tertiary/aromatic N) is 1. The molecule has 0 bridgehead atoms. The molecule has 0 saturated heterocycles. The standard InChI is InChI=1S/C31H39N3O5/c1-5-6-12-19-34(29(37)26(21-35)33-30(38)39-31(2,3)4)27(23-14-8-7-9-15-23)28(36)32-25-18-17-22-13-10-11-16-24(22)20-25/h7-11,13-18,20,26-27,35H,5-6,12,19,21H2,1-4H3,(H,32,36)(H,33,38). The molecule has 0 saturated carbocycles. The van der Waals surface area contributed by atoms with Crippen molar-refractivity contribution in [2.24, 2.45) is 0 Å². The van der Waals surface area contributed by atoms with Gasteiger partial charge in [0.25, 0.3) is 5.91 Å². The van der Waals surface area contributed by atoms with Gasteiger partial charge in [-0.3, -0.25) is 9.59 Å². The molecular weight excluding hydrogens is 494 g/mol. The van der Waals surface area contributed by atoms with Gasteiger partial charge in [-0.15, -0.1) is 0 Å². The maximum Gasteiger partial charge on any atom is 0.408 e. The number of carbonyl (C=O) groups is 3. The molecule has 0 fully saturated rings. The maximum atomic E-state index is 13.9. The molecule has 2 unspecified atom stereocenters. The number of fused-ring (bicyclic) bond motifs is 1. The number of alkyl carbamates (subject to hydrolysis) is 1. The number of hydrogen-bond acceptors (Lipinski definition) is 5. The second-order valence-corrected chi connectivity index (χ2v) is 10.5. The van der Waals surface area contributed by atoms with E-state index in [2.05, 4.69) is 10.6 Å². The van der Waals surface area contributed by atoms with Crippen molar-refractivity contribution in [3.05, 3.63) is 78.4 Å². The Kier molecular flexibility index (Phi) is 10.5. The molecule has 3 aromatic rings. The third-order valence-corrected chi connectivity index (χ3v) is 6.15. The lowest BCUT2D eigenvalue weighted by Gasteiger charge is -2.34. The molecule has 0 spiro atoms. The predicted molar refractivity (Wildman–Crippen MR) is 153 cm³/mol. The van der Waals surface area contributed by atoms with Crippen molar-refractivity contribution in [2.75, 3.05) is 18.5 Å². The van der Waals surface area contributed by atoms with Gasteiger partial charge in [0.2, 0.25) is 5.91 Å². The van der Waals surface area contributed by atoms with Crippen LogP contribution in [0.2, 0.25) is 0 Å². The van der Waals surface area contributed by atoms with Gasteiger partial charge >= 0.3 is 6.09 Å². The lowest BCUT2D eigenvalue weighted by molar-refractivity contribution is -0.141. The van der Waals surface area contributed by atoms with E-state index in [0.717, 1.165) is 23.6 Å². The molecule has 0 aliphatic heterocycles. The van der Waals surface area contributed by atoms with Gasteiger partial charge in [-0.1, -0.05) is 80.4 Å². The fourth-order valence-electron chi connectivity index (χ4n) is 4.32. The molecule has 3 aromatic carbocycles. The maximum absolute atomic E-state index is 13.9. The summed E-state index contributed by atoms with van der Waals surface area (Å²) in [5.74, 6) is -0.961. The zero-order chi connectivity index (χ0) is 28.4. The fourth-order valence-corrected chi connectivity index (χ4v) is 4.32. The van der Waals surface area contributed by atoms with Crippen LogP contribution in [-0.2, 0) is 14.3 Å². The first-order valence-electron chi connectivity index (χ1n) is 13.4. The minimum absolute atomic E-state index is 0.268. The molecular formula is C31H39N3O5. The highest BCUT2D eigenvalue weighted by atomic mass is 16.6. The first kappa shape index (κ1) is 29.6. The number of aliphatic hydroxyl groups is 1. The molecule has 2 atom stereocenters. The highest BCUT2D eigenvalue weighted by Gasteiger charge is 2.36. The van der Waals surface area contributed by atoms with Gasteiger partial charge in [0.05, 0.1) is 6.61 Å². The highest BCUT2D eigenvalue weighted by molar-refractivity contribution is 6.00. The summed E-state index contributed by atoms with van der Waals surface area (Å²) in [6, 6.07) is 20.3. The van der Waals surface area contributed by atoms with Crippen molar-refractivity contribution in [3.8, 4) is 0 Å². The summed E-state index contributed by atoms with van der Waals surface area (Å²) >= 11 is 0. The molecule has 208 valence electrons. The molecule has 0 aromatic heterocycles. The number of benzene rings is 3. The minimum atomic E-state index is -1.28. The van der Waals surface area contributed by atoms with E-state index in [1.54, 1.807) is 32.9 Å². The van der Waals surface area contributed by atoms with E-state index in [9.17, 15) is 19.5 Å². The van der Waals surface area contributed by atoms with Crippen LogP contribution in [-0.4, -0.2) is 52.7 Å². The summed E-state index contributed by atoms with van der Waals surface area (Å²) in [4.78, 5) is 41.6. The van der Waals surface area contributed by atoms with Gasteiger partial charge in [0.15, 0.2) is 0 Å². The van der Waals surface area contributed by atoms with Crippen molar-refractivity contribution in [2.45, 2.75) is 64.6 Å². The van der Waals surface area contributed by atoms with Gasteiger partial charge in [0, 0.05) is 12.2 Å². The van der Waals surface area contributed by atoms with Crippen LogP contribution in [0.3, 0.4) is 0 Å². The average molecular weight is 534 g/mol. The van der Waals surface area contributed by atoms with Crippen LogP contribution < -0.4 is 10.6 Å². The van der Waals surface area contributed by atoms with Crippen LogP contribution in [0.4, 0.5) is 10.5 Å². The van der Waals surface area contributed by atoms with E-state index < -0.39 is 42.2 Å². The van der Waals surface area contributed by atoms with Gasteiger partial charge in [-0.2, -0.15) is 0 Å². The monoisotopic (exact) mass is 533 g/mol. The van der Waals surface area contributed by atoms with Crippen LogP contribution in [0.15, 0.2) is 72.8 Å². The molecule has 0 heterocycles. The Morgan fingerprint density at radius 1 is 0.923 bits per heavy atom. The second kappa shape index (κ2) is 13.8. The van der Waals surface area contributed by atoms with E-state index in [1.165, 1.54) is 4.90 Å². The minimum Gasteiger partial charge on any atom is -0.444 e. The van der Waals surface area contributed by atoms with Gasteiger partial charge in [-0.25, -0.2) is 4.79 Å². The Balaban J connectivity index is 1.95. The van der Waals surface area contributed by atoms with Crippen LogP contribution in [0.1, 0.15) is 58.6 Å². The number of nitrogens with one attached hydrogen (secondary N) is 2. The van der Waals surface area contributed by atoms with Crippen molar-refractivity contribution < 1.29 is 24.2 Å². The summed E-state index contributed by atoms with van der Waals surface area (Å²) in [6.45, 7) is 6.81. The van der Waals surface area contributed by atoms with E-state index >= 15 is 0 Å². The Labute approximate surface area is 230 Å². The first-order valence-corrected chi connectivity index (χ1v) is 13.4. The summed E-state index contributed by atoms with van der Waals surface area (Å²) < 4.78 is 5.29. The Bertz CT molecular complexity index is 1260. The van der Waals surface area contributed by atoms with Gasteiger partial charge in [0.1, 0.15) is 17.7 Å². The van der Waals surface area contributed by atoms with Gasteiger partial charge in [-0.05, 0) is 55.7 Å². The molecule has 3 rings (SSSR count). The third-order valence-electron chi connectivity index (χ3n) is 6.15. The smallest absolute Gasteiger partial charge is 0.408 e. The third kappa shape index (κ3) is 8.55. The Morgan fingerprint density at radius 3 is 2.23 bits per heavy atom. The number of rotatable bonds is 11. The van der Waals surface area contributed by atoms with Crippen molar-refractivity contribution in [3.63, 3.8) is 0 Å². The molecule has 8 nitrogen and oxygen atoms in total. The summed E-state index contributed by atoms with van der Waals surface area (Å²) in [5.41, 5.74) is 0.445. The lowest BCUT2D eigenvalue weighted by Crippen LogP contribution is -2.54. The largest absolute Gasteiger partial charge is 0.444 e. The van der Waals surface area contributed by atoms with Crippen LogP contribution >= 0.6 is 0 Å². The molecule has 0 aliphatic carbocycles. The van der Waals surface area contributed by atoms with Crippen LogP contribution in [0.25, 0.3) is 10.8 Å². The number of aliphatic hydroxyl groups excluding tert-OH is 1. The lowest BCUT2D eigenvalue weighted by atomic mass is 10.0. The number of amides is 3. The molecule has 0 aliphatic rings. The summed E-state index contributed by atoms with van der Waals surface area (Å²) in [5, 5.41) is 17.6. The quantitative estimate of drug-likeness (QED) is 0.285. The predicted octanol–water partition coefficient (Wildman–Crippen LogP) is 5.42. The molecule has 39 heavy (non-hydrogen) atoms.